The summed E-state index contributed by atoms with van der Waals surface area (Å²) in [6.07, 6.45) is 39.7. The molecule has 1 heterocycles. The standard InChI is InChI=1S/C32H64N2/c1-4-7-9-11-13-14-15-16-17-18-19-20-21-22-23-25-27-32-33(28-6-3)30-31-34(32)29-26-24-12-10-8-5-2/h30-32H,4-29H2,1-3H3. The minimum atomic E-state index is 0.641. The Bertz CT molecular complexity index is 433. The molecule has 0 amide bonds. The van der Waals surface area contributed by atoms with Crippen molar-refractivity contribution in [3.63, 3.8) is 0 Å². The summed E-state index contributed by atoms with van der Waals surface area (Å²) in [5.74, 6) is 0. The lowest BCUT2D eigenvalue weighted by molar-refractivity contribution is 0.137. The van der Waals surface area contributed by atoms with Crippen LogP contribution < -0.4 is 0 Å². The first kappa shape index (κ1) is 31.4. The second-order valence-electron chi connectivity index (χ2n) is 11.1. The van der Waals surface area contributed by atoms with Crippen LogP contribution in [-0.2, 0) is 0 Å². The largest absolute Gasteiger partial charge is 0.356 e. The van der Waals surface area contributed by atoms with Crippen LogP contribution in [0, 0.1) is 0 Å². The molecule has 0 saturated carbocycles. The first-order valence-corrected chi connectivity index (χ1v) is 16.0. The first-order valence-electron chi connectivity index (χ1n) is 16.0. The van der Waals surface area contributed by atoms with Gasteiger partial charge in [0.05, 0.1) is 0 Å². The minimum Gasteiger partial charge on any atom is -0.356 e. The van der Waals surface area contributed by atoms with E-state index in [2.05, 4.69) is 43.0 Å². The van der Waals surface area contributed by atoms with Crippen LogP contribution >= 0.6 is 0 Å². The van der Waals surface area contributed by atoms with E-state index in [1.165, 1.54) is 167 Å². The molecule has 0 aromatic carbocycles. The fraction of sp³-hybridized carbons (Fsp3) is 0.938. The summed E-state index contributed by atoms with van der Waals surface area (Å²) in [7, 11) is 0. The molecule has 0 aromatic heterocycles. The van der Waals surface area contributed by atoms with Gasteiger partial charge in [-0.05, 0) is 25.7 Å². The molecule has 0 N–H and O–H groups in total. The van der Waals surface area contributed by atoms with E-state index in [1.807, 2.05) is 0 Å². The lowest BCUT2D eigenvalue weighted by Crippen LogP contribution is -2.39. The third kappa shape index (κ3) is 16.9. The van der Waals surface area contributed by atoms with Crippen molar-refractivity contribution in [1.29, 1.82) is 0 Å². The Morgan fingerprint density at radius 3 is 1.15 bits per heavy atom. The van der Waals surface area contributed by atoms with Gasteiger partial charge in [-0.3, -0.25) is 0 Å². The molecule has 1 atom stereocenters. The van der Waals surface area contributed by atoms with Crippen molar-refractivity contribution in [1.82, 2.24) is 9.80 Å². The van der Waals surface area contributed by atoms with Crippen LogP contribution in [0.2, 0.25) is 0 Å². The molecule has 2 nitrogen and oxygen atoms in total. The van der Waals surface area contributed by atoms with Crippen molar-refractivity contribution >= 4 is 0 Å². The number of nitrogens with zero attached hydrogens (tertiary/aromatic N) is 2. The first-order chi connectivity index (χ1) is 16.8. The Hall–Kier alpha value is -0.660. The number of hydrogen-bond acceptors (Lipinski definition) is 2. The molecule has 202 valence electrons. The average molecular weight is 477 g/mol. The van der Waals surface area contributed by atoms with Crippen LogP contribution in [0.25, 0.3) is 0 Å². The predicted molar refractivity (Wildman–Crippen MR) is 154 cm³/mol. The van der Waals surface area contributed by atoms with Gasteiger partial charge >= 0.3 is 0 Å². The summed E-state index contributed by atoms with van der Waals surface area (Å²) in [4.78, 5) is 5.27. The van der Waals surface area contributed by atoms with Crippen molar-refractivity contribution in [2.75, 3.05) is 13.1 Å². The van der Waals surface area contributed by atoms with Crippen molar-refractivity contribution in [2.24, 2.45) is 0 Å². The van der Waals surface area contributed by atoms with E-state index >= 15 is 0 Å². The SMILES string of the molecule is CCCCCCCCCCCCCCCCCCC1N(CCC)C=CN1CCCCCCCC. The van der Waals surface area contributed by atoms with Crippen LogP contribution in [-0.4, -0.2) is 29.1 Å². The van der Waals surface area contributed by atoms with E-state index in [0.717, 1.165) is 0 Å². The summed E-state index contributed by atoms with van der Waals surface area (Å²) in [6.45, 7) is 9.40. The summed E-state index contributed by atoms with van der Waals surface area (Å²) in [5, 5.41) is 0. The quantitative estimate of drug-likeness (QED) is 0.114. The number of hydrogen-bond donors (Lipinski definition) is 0. The second kappa shape index (κ2) is 24.1. The zero-order valence-electron chi connectivity index (χ0n) is 24.0. The Kier molecular flexibility index (Phi) is 22.2. The van der Waals surface area contributed by atoms with Crippen LogP contribution in [0.15, 0.2) is 12.4 Å². The van der Waals surface area contributed by atoms with Crippen molar-refractivity contribution in [2.45, 2.75) is 181 Å². The highest BCUT2D eigenvalue weighted by molar-refractivity contribution is 4.96. The molecule has 1 rings (SSSR count). The van der Waals surface area contributed by atoms with Gasteiger partial charge in [-0.25, -0.2) is 0 Å². The zero-order chi connectivity index (χ0) is 24.5. The number of unbranched alkanes of at least 4 members (excludes halogenated alkanes) is 20. The topological polar surface area (TPSA) is 6.48 Å². The molecule has 0 saturated heterocycles. The van der Waals surface area contributed by atoms with E-state index in [1.54, 1.807) is 0 Å². The Balaban J connectivity index is 1.98. The molecular formula is C32H64N2. The maximum atomic E-state index is 2.65. The molecular weight excluding hydrogens is 412 g/mol. The zero-order valence-corrected chi connectivity index (χ0v) is 24.0. The summed E-state index contributed by atoms with van der Waals surface area (Å²) in [6, 6.07) is 0. The summed E-state index contributed by atoms with van der Waals surface area (Å²) < 4.78 is 0. The summed E-state index contributed by atoms with van der Waals surface area (Å²) in [5.41, 5.74) is 0. The van der Waals surface area contributed by atoms with Crippen LogP contribution in [0.1, 0.15) is 175 Å². The Morgan fingerprint density at radius 2 is 0.735 bits per heavy atom. The van der Waals surface area contributed by atoms with Gasteiger partial charge in [0, 0.05) is 25.5 Å². The fourth-order valence-electron chi connectivity index (χ4n) is 5.55. The Morgan fingerprint density at radius 1 is 0.382 bits per heavy atom. The van der Waals surface area contributed by atoms with Crippen molar-refractivity contribution in [3.8, 4) is 0 Å². The molecule has 0 bridgehead atoms. The lowest BCUT2D eigenvalue weighted by Gasteiger charge is -2.33. The third-order valence-corrected chi connectivity index (χ3v) is 7.78. The minimum absolute atomic E-state index is 0.641. The molecule has 1 aliphatic rings. The van der Waals surface area contributed by atoms with Gasteiger partial charge in [-0.2, -0.15) is 0 Å². The average Bonchev–Trinajstić information content (AvgIpc) is 3.22. The fourth-order valence-corrected chi connectivity index (χ4v) is 5.55. The monoisotopic (exact) mass is 477 g/mol. The van der Waals surface area contributed by atoms with Gasteiger partial charge in [-0.1, -0.05) is 149 Å². The van der Waals surface area contributed by atoms with Gasteiger partial charge in [0.2, 0.25) is 0 Å². The molecule has 1 aliphatic heterocycles. The van der Waals surface area contributed by atoms with Gasteiger partial charge < -0.3 is 9.80 Å². The van der Waals surface area contributed by atoms with E-state index in [-0.39, 0.29) is 0 Å². The lowest BCUT2D eigenvalue weighted by atomic mass is 10.0. The molecule has 0 aliphatic carbocycles. The van der Waals surface area contributed by atoms with Gasteiger partial charge in [0.15, 0.2) is 0 Å². The normalized spacial score (nSPS) is 15.7. The van der Waals surface area contributed by atoms with E-state index < -0.39 is 0 Å². The highest BCUT2D eigenvalue weighted by atomic mass is 15.4. The molecule has 0 radical (unpaired) electrons. The van der Waals surface area contributed by atoms with Gasteiger partial charge in [0.1, 0.15) is 6.17 Å². The maximum absolute atomic E-state index is 2.65. The maximum Gasteiger partial charge on any atom is 0.101 e. The smallest absolute Gasteiger partial charge is 0.101 e. The van der Waals surface area contributed by atoms with Crippen LogP contribution in [0.3, 0.4) is 0 Å². The van der Waals surface area contributed by atoms with E-state index in [9.17, 15) is 0 Å². The Labute approximate surface area is 216 Å². The molecule has 0 fully saturated rings. The van der Waals surface area contributed by atoms with Crippen molar-refractivity contribution < 1.29 is 0 Å². The van der Waals surface area contributed by atoms with E-state index in [0.29, 0.717) is 6.17 Å². The summed E-state index contributed by atoms with van der Waals surface area (Å²) >= 11 is 0. The highest BCUT2D eigenvalue weighted by Gasteiger charge is 2.24. The van der Waals surface area contributed by atoms with Crippen LogP contribution in [0.4, 0.5) is 0 Å². The molecule has 0 aromatic rings. The highest BCUT2D eigenvalue weighted by Crippen LogP contribution is 2.23. The second-order valence-corrected chi connectivity index (χ2v) is 11.1. The number of rotatable bonds is 26. The van der Waals surface area contributed by atoms with Gasteiger partial charge in [-0.15, -0.1) is 0 Å². The van der Waals surface area contributed by atoms with Gasteiger partial charge in [0.25, 0.3) is 0 Å². The molecule has 0 spiro atoms. The van der Waals surface area contributed by atoms with Crippen molar-refractivity contribution in [3.05, 3.63) is 12.4 Å². The molecule has 34 heavy (non-hydrogen) atoms. The van der Waals surface area contributed by atoms with Crippen LogP contribution in [0.5, 0.6) is 0 Å². The molecule has 1 unspecified atom stereocenters. The predicted octanol–water partition coefficient (Wildman–Crippen LogP) is 10.8. The third-order valence-electron chi connectivity index (χ3n) is 7.78. The molecule has 2 heteroatoms. The van der Waals surface area contributed by atoms with E-state index in [4.69, 9.17) is 0 Å².